The molecule has 0 radical (unpaired) electrons. The van der Waals surface area contributed by atoms with Gasteiger partial charge in [-0.25, -0.2) is 9.18 Å². The van der Waals surface area contributed by atoms with Gasteiger partial charge >= 0.3 is 6.09 Å². The zero-order valence-corrected chi connectivity index (χ0v) is 19.7. The molecular formula is C27H28FN3O4. The number of ether oxygens (including phenoxy) is 1. The molecule has 7 nitrogen and oxygen atoms in total. The standard InChI is InChI=1S/C27H28FN3O4/c1-19-17-30(15-16-31(19)27(33)34)18-20-3-9-23(10-4-20)29(2)26(32)21-5-11-24(12-6-21)35-25-13-7-22(28)8-14-25/h3-14,19H,15-18H2,1-2H3,(H,33,34)/t19-/m0/s1. The molecule has 4 rings (SSSR count). The summed E-state index contributed by atoms with van der Waals surface area (Å²) < 4.78 is 18.7. The Hall–Kier alpha value is -3.91. The topological polar surface area (TPSA) is 73.3 Å². The van der Waals surface area contributed by atoms with E-state index in [4.69, 9.17) is 4.74 Å². The highest BCUT2D eigenvalue weighted by molar-refractivity contribution is 6.05. The maximum absolute atomic E-state index is 13.0. The van der Waals surface area contributed by atoms with Crippen LogP contribution in [0, 0.1) is 5.82 Å². The van der Waals surface area contributed by atoms with Gasteiger partial charge in [-0.15, -0.1) is 0 Å². The second-order valence-electron chi connectivity index (χ2n) is 8.67. The van der Waals surface area contributed by atoms with Crippen LogP contribution < -0.4 is 9.64 Å². The SMILES string of the molecule is C[C@H]1CN(Cc2ccc(N(C)C(=O)c3ccc(Oc4ccc(F)cc4)cc3)cc2)CCN1C(=O)O. The van der Waals surface area contributed by atoms with E-state index in [1.54, 1.807) is 48.3 Å². The third-order valence-corrected chi connectivity index (χ3v) is 6.14. The Kier molecular flexibility index (Phi) is 7.31. The first-order valence-electron chi connectivity index (χ1n) is 11.4. The molecule has 0 aliphatic carbocycles. The van der Waals surface area contributed by atoms with Crippen molar-refractivity contribution < 1.29 is 23.8 Å². The molecule has 182 valence electrons. The monoisotopic (exact) mass is 477 g/mol. The van der Waals surface area contributed by atoms with Gasteiger partial charge in [0.15, 0.2) is 0 Å². The number of nitrogens with zero attached hydrogens (tertiary/aromatic N) is 3. The van der Waals surface area contributed by atoms with Gasteiger partial charge < -0.3 is 19.6 Å². The van der Waals surface area contributed by atoms with E-state index < -0.39 is 6.09 Å². The second kappa shape index (κ2) is 10.6. The fourth-order valence-corrected chi connectivity index (χ4v) is 4.16. The van der Waals surface area contributed by atoms with E-state index in [1.165, 1.54) is 17.0 Å². The van der Waals surface area contributed by atoms with Gasteiger partial charge in [0.1, 0.15) is 17.3 Å². The molecule has 0 spiro atoms. The van der Waals surface area contributed by atoms with Crippen molar-refractivity contribution in [1.29, 1.82) is 0 Å². The smallest absolute Gasteiger partial charge is 0.407 e. The van der Waals surface area contributed by atoms with Crippen LogP contribution in [0.2, 0.25) is 0 Å². The third kappa shape index (κ3) is 5.96. The van der Waals surface area contributed by atoms with Crippen molar-refractivity contribution >= 4 is 17.7 Å². The van der Waals surface area contributed by atoms with Crippen molar-refractivity contribution in [2.45, 2.75) is 19.5 Å². The normalized spacial score (nSPS) is 16.1. The Morgan fingerprint density at radius 1 is 0.971 bits per heavy atom. The molecule has 1 atom stereocenters. The minimum absolute atomic E-state index is 0.0447. The van der Waals surface area contributed by atoms with Gasteiger partial charge in [0, 0.05) is 50.5 Å². The maximum atomic E-state index is 13.0. The number of benzene rings is 3. The first kappa shape index (κ1) is 24.2. The Balaban J connectivity index is 1.34. The van der Waals surface area contributed by atoms with E-state index in [0.717, 1.165) is 17.8 Å². The van der Waals surface area contributed by atoms with Crippen molar-refractivity contribution in [1.82, 2.24) is 9.80 Å². The predicted octanol–water partition coefficient (Wildman–Crippen LogP) is 5.08. The van der Waals surface area contributed by atoms with Gasteiger partial charge in [-0.05, 0) is 73.2 Å². The van der Waals surface area contributed by atoms with Crippen molar-refractivity contribution in [3.05, 3.63) is 89.7 Å². The van der Waals surface area contributed by atoms with Crippen molar-refractivity contribution in [2.75, 3.05) is 31.6 Å². The fraction of sp³-hybridized carbons (Fsp3) is 0.259. The number of amides is 2. The lowest BCUT2D eigenvalue weighted by molar-refractivity contribution is 0.0711. The van der Waals surface area contributed by atoms with E-state index in [9.17, 15) is 19.1 Å². The summed E-state index contributed by atoms with van der Waals surface area (Å²) in [5.74, 6) is 0.590. The number of piperazine rings is 1. The maximum Gasteiger partial charge on any atom is 0.407 e. The summed E-state index contributed by atoms with van der Waals surface area (Å²) >= 11 is 0. The number of halogens is 1. The number of rotatable bonds is 6. The predicted molar refractivity (Wildman–Crippen MR) is 132 cm³/mol. The van der Waals surface area contributed by atoms with Gasteiger partial charge in [-0.3, -0.25) is 9.69 Å². The number of anilines is 1. The van der Waals surface area contributed by atoms with Crippen LogP contribution in [0.3, 0.4) is 0 Å². The molecule has 0 bridgehead atoms. The van der Waals surface area contributed by atoms with Gasteiger partial charge in [0.2, 0.25) is 0 Å². The number of carbonyl (C=O) groups excluding carboxylic acids is 1. The molecular weight excluding hydrogens is 449 g/mol. The summed E-state index contributed by atoms with van der Waals surface area (Å²) in [5.41, 5.74) is 2.40. The molecule has 8 heteroatoms. The van der Waals surface area contributed by atoms with Gasteiger partial charge in [-0.2, -0.15) is 0 Å². The first-order chi connectivity index (χ1) is 16.8. The molecule has 35 heavy (non-hydrogen) atoms. The van der Waals surface area contributed by atoms with Crippen LogP contribution in [0.5, 0.6) is 11.5 Å². The molecule has 1 heterocycles. The Morgan fingerprint density at radius 2 is 1.57 bits per heavy atom. The molecule has 3 aromatic carbocycles. The average Bonchev–Trinajstić information content (AvgIpc) is 2.85. The minimum Gasteiger partial charge on any atom is -0.465 e. The first-order valence-corrected chi connectivity index (χ1v) is 11.4. The van der Waals surface area contributed by atoms with E-state index in [0.29, 0.717) is 36.7 Å². The molecule has 0 unspecified atom stereocenters. The van der Waals surface area contributed by atoms with Gasteiger partial charge in [0.25, 0.3) is 5.91 Å². The lowest BCUT2D eigenvalue weighted by Crippen LogP contribution is -2.53. The van der Waals surface area contributed by atoms with Crippen LogP contribution in [-0.2, 0) is 6.54 Å². The summed E-state index contributed by atoms with van der Waals surface area (Å²) in [6.45, 7) is 4.53. The van der Waals surface area contributed by atoms with Gasteiger partial charge in [-0.1, -0.05) is 12.1 Å². The van der Waals surface area contributed by atoms with Crippen molar-refractivity contribution in [3.8, 4) is 11.5 Å². The Morgan fingerprint density at radius 3 is 2.14 bits per heavy atom. The number of hydrogen-bond acceptors (Lipinski definition) is 4. The summed E-state index contributed by atoms with van der Waals surface area (Å²) in [4.78, 5) is 29.5. The second-order valence-corrected chi connectivity index (χ2v) is 8.67. The van der Waals surface area contributed by atoms with Crippen LogP contribution in [0.1, 0.15) is 22.8 Å². The zero-order valence-electron chi connectivity index (χ0n) is 19.7. The molecule has 0 aromatic heterocycles. The fourth-order valence-electron chi connectivity index (χ4n) is 4.16. The van der Waals surface area contributed by atoms with Crippen LogP contribution in [0.15, 0.2) is 72.8 Å². The van der Waals surface area contributed by atoms with Gasteiger partial charge in [0.05, 0.1) is 0 Å². The quantitative estimate of drug-likeness (QED) is 0.536. The number of hydrogen-bond donors (Lipinski definition) is 1. The lowest BCUT2D eigenvalue weighted by atomic mass is 10.1. The summed E-state index contributed by atoms with van der Waals surface area (Å²) in [5, 5.41) is 9.23. The number of carbonyl (C=O) groups is 2. The third-order valence-electron chi connectivity index (χ3n) is 6.14. The Labute approximate surface area is 204 Å². The molecule has 1 fully saturated rings. The van der Waals surface area contributed by atoms with Crippen LogP contribution >= 0.6 is 0 Å². The van der Waals surface area contributed by atoms with E-state index in [1.807, 2.05) is 31.2 Å². The summed E-state index contributed by atoms with van der Waals surface area (Å²) in [6, 6.07) is 20.3. The number of carboxylic acid groups (broad SMARTS) is 1. The summed E-state index contributed by atoms with van der Waals surface area (Å²) in [6.07, 6.45) is -0.871. The van der Waals surface area contributed by atoms with Crippen LogP contribution in [0.4, 0.5) is 14.9 Å². The van der Waals surface area contributed by atoms with Crippen LogP contribution in [0.25, 0.3) is 0 Å². The van der Waals surface area contributed by atoms with E-state index in [-0.39, 0.29) is 17.8 Å². The molecule has 3 aromatic rings. The molecule has 1 saturated heterocycles. The molecule has 1 N–H and O–H groups in total. The highest BCUT2D eigenvalue weighted by Crippen LogP contribution is 2.24. The minimum atomic E-state index is -0.871. The molecule has 0 saturated carbocycles. The highest BCUT2D eigenvalue weighted by Gasteiger charge is 2.27. The van der Waals surface area contributed by atoms with E-state index in [2.05, 4.69) is 4.90 Å². The Bertz CT molecular complexity index is 1170. The average molecular weight is 478 g/mol. The van der Waals surface area contributed by atoms with Crippen molar-refractivity contribution in [2.24, 2.45) is 0 Å². The molecule has 1 aliphatic heterocycles. The van der Waals surface area contributed by atoms with E-state index >= 15 is 0 Å². The van der Waals surface area contributed by atoms with Crippen LogP contribution in [-0.4, -0.2) is 59.6 Å². The highest BCUT2D eigenvalue weighted by atomic mass is 19.1. The lowest BCUT2D eigenvalue weighted by Gasteiger charge is -2.38. The van der Waals surface area contributed by atoms with Crippen molar-refractivity contribution in [3.63, 3.8) is 0 Å². The zero-order chi connectivity index (χ0) is 24.9. The largest absolute Gasteiger partial charge is 0.465 e. The molecule has 1 aliphatic rings. The molecule has 2 amide bonds. The summed E-state index contributed by atoms with van der Waals surface area (Å²) in [7, 11) is 1.73.